The van der Waals surface area contributed by atoms with Gasteiger partial charge in [-0.2, -0.15) is 0 Å². The van der Waals surface area contributed by atoms with E-state index in [1.807, 2.05) is 0 Å². The average molecular weight is 172 g/mol. The highest BCUT2D eigenvalue weighted by atomic mass is 14.3. The van der Waals surface area contributed by atoms with Crippen LogP contribution in [0.1, 0.15) is 31.7 Å². The number of hydrogen-bond donors (Lipinski definition) is 0. The minimum absolute atomic E-state index is 1.000. The summed E-state index contributed by atoms with van der Waals surface area (Å²) in [5, 5.41) is 0. The fourth-order valence-corrected chi connectivity index (χ4v) is 1.67. The van der Waals surface area contributed by atoms with E-state index >= 15 is 0 Å². The maximum Gasteiger partial charge on any atom is -0.0257 e. The van der Waals surface area contributed by atoms with E-state index in [-0.39, 0.29) is 0 Å². The third-order valence-corrected chi connectivity index (χ3v) is 2.52. The largest absolute Gasteiger partial charge is 0.0725 e. The molecule has 1 aliphatic carbocycles. The van der Waals surface area contributed by atoms with E-state index in [0.29, 0.717) is 0 Å². The van der Waals surface area contributed by atoms with Gasteiger partial charge in [0.25, 0.3) is 0 Å². The molecule has 1 aliphatic rings. The maximum absolute atomic E-state index is 2.30. The van der Waals surface area contributed by atoms with Crippen LogP contribution in [0.15, 0.2) is 35.9 Å². The topological polar surface area (TPSA) is 0 Å². The lowest BCUT2D eigenvalue weighted by molar-refractivity contribution is 0.825. The average Bonchev–Trinajstić information content (AvgIpc) is 2.90. The molecule has 1 saturated carbocycles. The molecule has 0 unspecified atom stereocenters. The second-order valence-electron chi connectivity index (χ2n) is 4.05. The Bertz CT molecular complexity index is 291. The Hall–Kier alpha value is -1.04. The lowest BCUT2D eigenvalue weighted by Gasteiger charge is -1.98. The Morgan fingerprint density at radius 2 is 2.00 bits per heavy atom. The highest BCUT2D eigenvalue weighted by molar-refractivity contribution is 5.52. The van der Waals surface area contributed by atoms with E-state index in [9.17, 15) is 0 Å². The Labute approximate surface area is 80.3 Å². The van der Waals surface area contributed by atoms with Crippen LogP contribution in [0.5, 0.6) is 0 Å². The Morgan fingerprint density at radius 3 is 2.62 bits per heavy atom. The van der Waals surface area contributed by atoms with Gasteiger partial charge < -0.3 is 0 Å². The molecule has 0 aromatic heterocycles. The second kappa shape index (κ2) is 3.78. The summed E-state index contributed by atoms with van der Waals surface area (Å²) in [6.45, 7) is 2.24. The molecule has 0 atom stereocenters. The Morgan fingerprint density at radius 1 is 1.31 bits per heavy atom. The molecule has 0 heterocycles. The molecule has 0 amide bonds. The van der Waals surface area contributed by atoms with Gasteiger partial charge >= 0.3 is 0 Å². The molecule has 0 N–H and O–H groups in total. The van der Waals surface area contributed by atoms with Gasteiger partial charge in [-0.15, -0.1) is 0 Å². The van der Waals surface area contributed by atoms with Crippen molar-refractivity contribution in [3.8, 4) is 0 Å². The fourth-order valence-electron chi connectivity index (χ4n) is 1.67. The van der Waals surface area contributed by atoms with Gasteiger partial charge in [-0.05, 0) is 37.7 Å². The maximum atomic E-state index is 2.30. The first-order valence-electron chi connectivity index (χ1n) is 5.07. The lowest BCUT2D eigenvalue weighted by atomic mass is 10.1. The van der Waals surface area contributed by atoms with Gasteiger partial charge in [-0.25, -0.2) is 0 Å². The standard InChI is InChI=1S/C13H16/c1-11(10-13-7-8-13)9-12-5-3-2-4-6-12/h2-6,9,13H,7-8,10H2,1H3/b11-9+. The van der Waals surface area contributed by atoms with Gasteiger partial charge in [0.05, 0.1) is 0 Å². The van der Waals surface area contributed by atoms with Gasteiger partial charge in [-0.1, -0.05) is 42.0 Å². The Balaban J connectivity index is 2.01. The predicted molar refractivity (Wildman–Crippen MR) is 57.4 cm³/mol. The number of rotatable bonds is 3. The van der Waals surface area contributed by atoms with Crippen molar-refractivity contribution in [2.45, 2.75) is 26.2 Å². The predicted octanol–water partition coefficient (Wildman–Crippen LogP) is 3.89. The molecule has 0 radical (unpaired) electrons. The van der Waals surface area contributed by atoms with Crippen molar-refractivity contribution in [2.75, 3.05) is 0 Å². The molecule has 0 saturated heterocycles. The zero-order chi connectivity index (χ0) is 9.10. The highest BCUT2D eigenvalue weighted by Gasteiger charge is 2.20. The molecule has 68 valence electrons. The van der Waals surface area contributed by atoms with E-state index in [4.69, 9.17) is 0 Å². The summed E-state index contributed by atoms with van der Waals surface area (Å²) in [4.78, 5) is 0. The zero-order valence-electron chi connectivity index (χ0n) is 8.16. The van der Waals surface area contributed by atoms with Crippen LogP contribution in [-0.2, 0) is 0 Å². The SMILES string of the molecule is C/C(=C\c1ccccc1)CC1CC1. The third kappa shape index (κ3) is 2.73. The molecular formula is C13H16. The summed E-state index contributed by atoms with van der Waals surface area (Å²) >= 11 is 0. The van der Waals surface area contributed by atoms with Crippen molar-refractivity contribution in [2.24, 2.45) is 5.92 Å². The molecule has 1 aromatic carbocycles. The van der Waals surface area contributed by atoms with Crippen molar-refractivity contribution in [1.29, 1.82) is 0 Å². The molecule has 1 fully saturated rings. The number of allylic oxidation sites excluding steroid dienone is 1. The minimum atomic E-state index is 1.000. The summed E-state index contributed by atoms with van der Waals surface area (Å²) in [6, 6.07) is 10.6. The summed E-state index contributed by atoms with van der Waals surface area (Å²) in [5.41, 5.74) is 2.86. The van der Waals surface area contributed by atoms with Crippen LogP contribution >= 0.6 is 0 Å². The molecule has 13 heavy (non-hydrogen) atoms. The van der Waals surface area contributed by atoms with Crippen molar-refractivity contribution in [3.05, 3.63) is 41.5 Å². The van der Waals surface area contributed by atoms with Gasteiger partial charge in [0.15, 0.2) is 0 Å². The lowest BCUT2D eigenvalue weighted by Crippen LogP contribution is -1.79. The van der Waals surface area contributed by atoms with Crippen LogP contribution < -0.4 is 0 Å². The first-order valence-corrected chi connectivity index (χ1v) is 5.07. The van der Waals surface area contributed by atoms with E-state index < -0.39 is 0 Å². The first kappa shape index (κ1) is 8.55. The molecule has 1 aromatic rings. The van der Waals surface area contributed by atoms with E-state index in [1.165, 1.54) is 30.4 Å². The molecular weight excluding hydrogens is 156 g/mol. The number of benzene rings is 1. The molecule has 0 bridgehead atoms. The highest BCUT2D eigenvalue weighted by Crippen LogP contribution is 2.35. The summed E-state index contributed by atoms with van der Waals surface area (Å²) in [5.74, 6) is 1.000. The summed E-state index contributed by atoms with van der Waals surface area (Å²) in [7, 11) is 0. The summed E-state index contributed by atoms with van der Waals surface area (Å²) < 4.78 is 0. The zero-order valence-corrected chi connectivity index (χ0v) is 8.16. The van der Waals surface area contributed by atoms with Crippen molar-refractivity contribution in [1.82, 2.24) is 0 Å². The van der Waals surface area contributed by atoms with Crippen LogP contribution in [0, 0.1) is 5.92 Å². The third-order valence-electron chi connectivity index (χ3n) is 2.52. The van der Waals surface area contributed by atoms with Crippen molar-refractivity contribution in [3.63, 3.8) is 0 Å². The molecule has 0 aliphatic heterocycles. The first-order chi connectivity index (χ1) is 6.34. The normalized spacial score (nSPS) is 17.5. The monoisotopic (exact) mass is 172 g/mol. The van der Waals surface area contributed by atoms with Gasteiger partial charge in [0, 0.05) is 0 Å². The Kier molecular flexibility index (Phi) is 2.49. The van der Waals surface area contributed by atoms with Crippen LogP contribution in [0.25, 0.3) is 6.08 Å². The van der Waals surface area contributed by atoms with Crippen molar-refractivity contribution >= 4 is 6.08 Å². The van der Waals surface area contributed by atoms with Crippen LogP contribution in [0.2, 0.25) is 0 Å². The van der Waals surface area contributed by atoms with Crippen molar-refractivity contribution < 1.29 is 0 Å². The van der Waals surface area contributed by atoms with Gasteiger partial charge in [0.1, 0.15) is 0 Å². The van der Waals surface area contributed by atoms with Crippen LogP contribution in [-0.4, -0.2) is 0 Å². The quantitative estimate of drug-likeness (QED) is 0.649. The molecule has 0 nitrogen and oxygen atoms in total. The molecule has 0 heteroatoms. The van der Waals surface area contributed by atoms with E-state index in [2.05, 4.69) is 43.3 Å². The van der Waals surface area contributed by atoms with Gasteiger partial charge in [-0.3, -0.25) is 0 Å². The summed E-state index contributed by atoms with van der Waals surface area (Å²) in [6.07, 6.45) is 6.49. The van der Waals surface area contributed by atoms with Crippen LogP contribution in [0.4, 0.5) is 0 Å². The van der Waals surface area contributed by atoms with Gasteiger partial charge in [0.2, 0.25) is 0 Å². The van der Waals surface area contributed by atoms with Crippen LogP contribution in [0.3, 0.4) is 0 Å². The number of hydrogen-bond acceptors (Lipinski definition) is 0. The smallest absolute Gasteiger partial charge is 0.0257 e. The fraction of sp³-hybridized carbons (Fsp3) is 0.385. The van der Waals surface area contributed by atoms with E-state index in [1.54, 1.807) is 0 Å². The molecule has 0 spiro atoms. The van der Waals surface area contributed by atoms with E-state index in [0.717, 1.165) is 5.92 Å². The second-order valence-corrected chi connectivity index (χ2v) is 4.05. The molecule has 2 rings (SSSR count). The minimum Gasteiger partial charge on any atom is -0.0725 e.